The van der Waals surface area contributed by atoms with E-state index in [9.17, 15) is 9.59 Å². The predicted molar refractivity (Wildman–Crippen MR) is 78.9 cm³/mol. The van der Waals surface area contributed by atoms with E-state index in [1.165, 1.54) is 14.2 Å². The Balaban J connectivity index is 3.10. The van der Waals surface area contributed by atoms with Gasteiger partial charge in [0, 0.05) is 11.6 Å². The van der Waals surface area contributed by atoms with Crippen molar-refractivity contribution in [3.8, 4) is 11.5 Å². The molecule has 0 heterocycles. The third-order valence-electron chi connectivity index (χ3n) is 3.10. The highest BCUT2D eigenvalue weighted by Crippen LogP contribution is 2.25. The highest BCUT2D eigenvalue weighted by molar-refractivity contribution is 6.09. The van der Waals surface area contributed by atoms with E-state index < -0.39 is 11.9 Å². The van der Waals surface area contributed by atoms with Crippen LogP contribution in [0.2, 0.25) is 0 Å². The van der Waals surface area contributed by atoms with Gasteiger partial charge in [-0.2, -0.15) is 0 Å². The number of ether oxygens (including phenoxy) is 3. The van der Waals surface area contributed by atoms with Crippen LogP contribution in [0.15, 0.2) is 18.2 Å². The maximum Gasteiger partial charge on any atom is 0.316 e. The first-order valence-electron chi connectivity index (χ1n) is 7.01. The van der Waals surface area contributed by atoms with Gasteiger partial charge < -0.3 is 14.2 Å². The Kier molecular flexibility index (Phi) is 6.72. The van der Waals surface area contributed by atoms with Crippen molar-refractivity contribution < 1.29 is 23.8 Å². The lowest BCUT2D eigenvalue weighted by Crippen LogP contribution is -2.26. The lowest BCUT2D eigenvalue weighted by Gasteiger charge is -2.15. The van der Waals surface area contributed by atoms with Crippen molar-refractivity contribution in [1.82, 2.24) is 0 Å². The van der Waals surface area contributed by atoms with Gasteiger partial charge in [0.25, 0.3) is 0 Å². The van der Waals surface area contributed by atoms with Crippen molar-refractivity contribution in [2.24, 2.45) is 5.92 Å². The lowest BCUT2D eigenvalue weighted by atomic mass is 9.93. The van der Waals surface area contributed by atoms with E-state index in [4.69, 9.17) is 14.2 Å². The first-order valence-corrected chi connectivity index (χ1v) is 7.01. The summed E-state index contributed by atoms with van der Waals surface area (Å²) >= 11 is 0. The van der Waals surface area contributed by atoms with Gasteiger partial charge in [0.05, 0.1) is 20.8 Å². The second-order valence-corrected chi connectivity index (χ2v) is 4.56. The van der Waals surface area contributed by atoms with Crippen LogP contribution in [-0.2, 0) is 9.53 Å². The Morgan fingerprint density at radius 2 is 1.62 bits per heavy atom. The molecule has 1 aromatic rings. The highest BCUT2D eigenvalue weighted by atomic mass is 16.5. The van der Waals surface area contributed by atoms with Crippen LogP contribution >= 0.6 is 0 Å². The molecule has 5 nitrogen and oxygen atoms in total. The molecule has 0 aliphatic carbocycles. The molecule has 0 spiro atoms. The molecule has 1 rings (SSSR count). The van der Waals surface area contributed by atoms with E-state index >= 15 is 0 Å². The van der Waals surface area contributed by atoms with Crippen LogP contribution in [0.1, 0.15) is 37.0 Å². The summed E-state index contributed by atoms with van der Waals surface area (Å²) in [4.78, 5) is 24.5. The first kappa shape index (κ1) is 17.0. The van der Waals surface area contributed by atoms with Crippen LogP contribution in [0, 0.1) is 5.92 Å². The van der Waals surface area contributed by atoms with Crippen LogP contribution in [-0.4, -0.2) is 32.6 Å². The van der Waals surface area contributed by atoms with Gasteiger partial charge >= 0.3 is 5.97 Å². The first-order chi connectivity index (χ1) is 10.1. The largest absolute Gasteiger partial charge is 0.497 e. The fourth-order valence-corrected chi connectivity index (χ4v) is 2.04. The number of rotatable bonds is 8. The van der Waals surface area contributed by atoms with Crippen molar-refractivity contribution >= 4 is 11.8 Å². The number of benzene rings is 1. The molecule has 1 atom stereocenters. The zero-order valence-corrected chi connectivity index (χ0v) is 13.0. The van der Waals surface area contributed by atoms with Gasteiger partial charge in [0.2, 0.25) is 0 Å². The Hall–Kier alpha value is -2.04. The third-order valence-corrected chi connectivity index (χ3v) is 3.10. The van der Waals surface area contributed by atoms with Crippen LogP contribution in [0.25, 0.3) is 0 Å². The number of ketones is 1. The summed E-state index contributed by atoms with van der Waals surface area (Å²) < 4.78 is 15.3. The third kappa shape index (κ3) is 4.48. The minimum absolute atomic E-state index is 0.258. The molecule has 0 saturated heterocycles. The van der Waals surface area contributed by atoms with Gasteiger partial charge in [-0.1, -0.05) is 13.3 Å². The van der Waals surface area contributed by atoms with Gasteiger partial charge in [0.1, 0.15) is 17.4 Å². The number of esters is 1. The average Bonchev–Trinajstić information content (AvgIpc) is 2.51. The summed E-state index contributed by atoms with van der Waals surface area (Å²) in [6, 6.07) is 4.88. The minimum atomic E-state index is -0.785. The van der Waals surface area contributed by atoms with Crippen molar-refractivity contribution in [2.75, 3.05) is 20.8 Å². The van der Waals surface area contributed by atoms with Gasteiger partial charge in [0.15, 0.2) is 5.78 Å². The van der Waals surface area contributed by atoms with Crippen molar-refractivity contribution in [3.05, 3.63) is 23.8 Å². The van der Waals surface area contributed by atoms with Crippen LogP contribution in [0.3, 0.4) is 0 Å². The molecule has 0 aliphatic heterocycles. The summed E-state index contributed by atoms with van der Waals surface area (Å²) in [5.74, 6) is -0.515. The summed E-state index contributed by atoms with van der Waals surface area (Å²) in [6.45, 7) is 3.90. The van der Waals surface area contributed by atoms with Crippen molar-refractivity contribution in [3.63, 3.8) is 0 Å². The zero-order valence-electron chi connectivity index (χ0n) is 13.0. The number of hydrogen-bond donors (Lipinski definition) is 0. The molecular weight excluding hydrogens is 272 g/mol. The number of carbonyl (C=O) groups is 2. The van der Waals surface area contributed by atoms with E-state index in [2.05, 4.69) is 0 Å². The summed E-state index contributed by atoms with van der Waals surface area (Å²) in [7, 11) is 3.02. The molecular formula is C16H22O5. The molecule has 0 bridgehead atoms. The van der Waals surface area contributed by atoms with Gasteiger partial charge in [-0.3, -0.25) is 9.59 Å². The van der Waals surface area contributed by atoms with Gasteiger partial charge in [-0.25, -0.2) is 0 Å². The second kappa shape index (κ2) is 8.29. The normalized spacial score (nSPS) is 11.6. The highest BCUT2D eigenvalue weighted by Gasteiger charge is 2.28. The van der Waals surface area contributed by atoms with Crippen LogP contribution in [0.5, 0.6) is 11.5 Å². The zero-order chi connectivity index (χ0) is 15.8. The topological polar surface area (TPSA) is 61.8 Å². The quantitative estimate of drug-likeness (QED) is 0.419. The Morgan fingerprint density at radius 3 is 2.05 bits per heavy atom. The molecule has 5 heteroatoms. The molecule has 1 aromatic carbocycles. The number of carbonyl (C=O) groups excluding carboxylic acids is 2. The Labute approximate surface area is 125 Å². The molecule has 0 aliphatic rings. The van der Waals surface area contributed by atoms with Gasteiger partial charge in [-0.05, 0) is 25.5 Å². The maximum atomic E-state index is 12.6. The van der Waals surface area contributed by atoms with E-state index in [0.717, 1.165) is 6.42 Å². The monoisotopic (exact) mass is 294 g/mol. The molecule has 0 amide bonds. The van der Waals surface area contributed by atoms with Gasteiger partial charge in [-0.15, -0.1) is 0 Å². The fraction of sp³-hybridized carbons (Fsp3) is 0.500. The average molecular weight is 294 g/mol. The molecule has 116 valence electrons. The number of methoxy groups -OCH3 is 2. The smallest absolute Gasteiger partial charge is 0.316 e. The van der Waals surface area contributed by atoms with Crippen LogP contribution in [0.4, 0.5) is 0 Å². The summed E-state index contributed by atoms with van der Waals surface area (Å²) in [5.41, 5.74) is 0.387. The molecule has 0 aromatic heterocycles. The van der Waals surface area contributed by atoms with Crippen molar-refractivity contribution in [1.29, 1.82) is 0 Å². The number of Topliss-reactive ketones (excluding diaryl/α,β-unsaturated/α-hetero) is 1. The minimum Gasteiger partial charge on any atom is -0.497 e. The van der Waals surface area contributed by atoms with E-state index in [1.54, 1.807) is 25.1 Å². The molecule has 21 heavy (non-hydrogen) atoms. The fourth-order valence-electron chi connectivity index (χ4n) is 2.04. The molecule has 0 saturated carbocycles. The molecule has 0 fully saturated rings. The van der Waals surface area contributed by atoms with E-state index in [1.807, 2.05) is 6.92 Å². The van der Waals surface area contributed by atoms with Crippen molar-refractivity contribution in [2.45, 2.75) is 26.7 Å². The molecule has 1 unspecified atom stereocenters. The number of hydrogen-bond acceptors (Lipinski definition) is 5. The maximum absolute atomic E-state index is 12.6. The summed E-state index contributed by atoms with van der Waals surface area (Å²) in [5, 5.41) is 0. The molecule has 0 radical (unpaired) electrons. The second-order valence-electron chi connectivity index (χ2n) is 4.56. The summed E-state index contributed by atoms with van der Waals surface area (Å²) in [6.07, 6.45) is 1.17. The van der Waals surface area contributed by atoms with E-state index in [-0.39, 0.29) is 12.4 Å². The molecule has 0 N–H and O–H groups in total. The Morgan fingerprint density at radius 1 is 1.05 bits per heavy atom. The predicted octanol–water partition coefficient (Wildman–Crippen LogP) is 2.87. The lowest BCUT2D eigenvalue weighted by molar-refractivity contribution is -0.146. The van der Waals surface area contributed by atoms with E-state index in [0.29, 0.717) is 23.5 Å². The van der Waals surface area contributed by atoms with Crippen LogP contribution < -0.4 is 9.47 Å². The SMILES string of the molecule is CCCC(C(=O)OCC)C(=O)c1cc(OC)cc(OC)c1. The Bertz CT molecular complexity index is 473. The standard InChI is InChI=1S/C16H22O5/c1-5-7-14(16(18)21-6-2)15(17)11-8-12(19-3)10-13(9-11)20-4/h8-10,14H,5-7H2,1-4H3.